The van der Waals surface area contributed by atoms with Crippen molar-refractivity contribution in [1.29, 1.82) is 0 Å². The van der Waals surface area contributed by atoms with Gasteiger partial charge >= 0.3 is 0 Å². The van der Waals surface area contributed by atoms with E-state index < -0.39 is 0 Å². The first kappa shape index (κ1) is 8.62. The predicted octanol–water partition coefficient (Wildman–Crippen LogP) is 1.88. The molecule has 0 aromatic heterocycles. The fourth-order valence-electron chi connectivity index (χ4n) is 1.87. The van der Waals surface area contributed by atoms with E-state index in [0.29, 0.717) is 0 Å². The van der Waals surface area contributed by atoms with E-state index in [0.717, 1.165) is 24.9 Å². The first-order valence-corrected chi connectivity index (χ1v) is 4.45. The molecule has 0 aromatic carbocycles. The molecule has 1 aliphatic rings. The molecule has 1 heteroatoms. The molecule has 1 aliphatic heterocycles. The SMILES string of the molecule is C#CCCCN1C(C)CC1C. The van der Waals surface area contributed by atoms with Crippen molar-refractivity contribution >= 4 is 0 Å². The van der Waals surface area contributed by atoms with Crippen molar-refractivity contribution in [1.82, 2.24) is 4.90 Å². The Morgan fingerprint density at radius 3 is 2.55 bits per heavy atom. The van der Waals surface area contributed by atoms with E-state index in [-0.39, 0.29) is 0 Å². The van der Waals surface area contributed by atoms with Gasteiger partial charge in [0.1, 0.15) is 0 Å². The van der Waals surface area contributed by atoms with Gasteiger partial charge in [-0.15, -0.1) is 12.3 Å². The quantitative estimate of drug-likeness (QED) is 0.440. The van der Waals surface area contributed by atoms with Crippen molar-refractivity contribution in [2.75, 3.05) is 6.54 Å². The lowest BCUT2D eigenvalue weighted by Gasteiger charge is -2.45. The molecule has 1 fully saturated rings. The van der Waals surface area contributed by atoms with Crippen LogP contribution in [0, 0.1) is 12.3 Å². The molecule has 0 saturated carbocycles. The first-order chi connectivity index (χ1) is 5.25. The summed E-state index contributed by atoms with van der Waals surface area (Å²) in [6.07, 6.45) is 8.62. The van der Waals surface area contributed by atoms with Crippen LogP contribution in [0.3, 0.4) is 0 Å². The van der Waals surface area contributed by atoms with Gasteiger partial charge in [0.15, 0.2) is 0 Å². The first-order valence-electron chi connectivity index (χ1n) is 4.45. The van der Waals surface area contributed by atoms with Crippen LogP contribution in [0.5, 0.6) is 0 Å². The second kappa shape index (κ2) is 3.78. The molecule has 1 saturated heterocycles. The van der Waals surface area contributed by atoms with Gasteiger partial charge < -0.3 is 0 Å². The van der Waals surface area contributed by atoms with Crippen LogP contribution in [0.2, 0.25) is 0 Å². The van der Waals surface area contributed by atoms with Crippen molar-refractivity contribution in [3.05, 3.63) is 0 Å². The molecule has 0 amide bonds. The van der Waals surface area contributed by atoms with Gasteiger partial charge in [-0.1, -0.05) is 0 Å². The van der Waals surface area contributed by atoms with E-state index in [9.17, 15) is 0 Å². The minimum atomic E-state index is 0.794. The van der Waals surface area contributed by atoms with Crippen molar-refractivity contribution < 1.29 is 0 Å². The molecule has 62 valence electrons. The fraction of sp³-hybridized carbons (Fsp3) is 0.800. The lowest BCUT2D eigenvalue weighted by molar-refractivity contribution is 0.0375. The second-order valence-corrected chi connectivity index (χ2v) is 3.48. The van der Waals surface area contributed by atoms with Crippen LogP contribution in [-0.4, -0.2) is 23.5 Å². The zero-order chi connectivity index (χ0) is 8.27. The molecule has 0 N–H and O–H groups in total. The molecule has 0 spiro atoms. The Kier molecular flexibility index (Phi) is 2.96. The highest BCUT2D eigenvalue weighted by atomic mass is 15.2. The molecule has 0 radical (unpaired) electrons. The Hall–Kier alpha value is -0.480. The Balaban J connectivity index is 2.12. The van der Waals surface area contributed by atoms with E-state index in [1.165, 1.54) is 13.0 Å². The smallest absolute Gasteiger partial charge is 0.00982 e. The summed E-state index contributed by atoms with van der Waals surface area (Å²) in [5.41, 5.74) is 0. The van der Waals surface area contributed by atoms with Gasteiger partial charge in [0, 0.05) is 18.5 Å². The van der Waals surface area contributed by atoms with Crippen LogP contribution in [0.25, 0.3) is 0 Å². The van der Waals surface area contributed by atoms with E-state index in [1.807, 2.05) is 0 Å². The Morgan fingerprint density at radius 1 is 1.45 bits per heavy atom. The highest BCUT2D eigenvalue weighted by Crippen LogP contribution is 2.24. The van der Waals surface area contributed by atoms with Crippen LogP contribution in [0.4, 0.5) is 0 Å². The number of hydrogen-bond donors (Lipinski definition) is 0. The third-order valence-corrected chi connectivity index (χ3v) is 2.55. The van der Waals surface area contributed by atoms with Crippen LogP contribution in [0.15, 0.2) is 0 Å². The Bertz CT molecular complexity index is 149. The van der Waals surface area contributed by atoms with Crippen LogP contribution >= 0.6 is 0 Å². The monoisotopic (exact) mass is 151 g/mol. The molecule has 0 aromatic rings. The number of rotatable bonds is 3. The number of terminal acetylenes is 1. The highest BCUT2D eigenvalue weighted by molar-refractivity contribution is 4.89. The summed E-state index contributed by atoms with van der Waals surface area (Å²) in [6, 6.07) is 1.59. The van der Waals surface area contributed by atoms with Gasteiger partial charge in [0.2, 0.25) is 0 Å². The predicted molar refractivity (Wildman–Crippen MR) is 48.3 cm³/mol. The molecule has 2 unspecified atom stereocenters. The third kappa shape index (κ3) is 1.97. The summed E-state index contributed by atoms with van der Waals surface area (Å²) < 4.78 is 0. The number of nitrogens with zero attached hydrogens (tertiary/aromatic N) is 1. The van der Waals surface area contributed by atoms with Gasteiger partial charge in [-0.2, -0.15) is 0 Å². The topological polar surface area (TPSA) is 3.24 Å². The molecule has 1 heterocycles. The summed E-state index contributed by atoms with van der Waals surface area (Å²) in [7, 11) is 0. The Morgan fingerprint density at radius 2 is 2.09 bits per heavy atom. The maximum Gasteiger partial charge on any atom is 0.00982 e. The number of likely N-dealkylation sites (tertiary alicyclic amines) is 1. The molecular formula is C10H17N. The minimum absolute atomic E-state index is 0.794. The normalized spacial score (nSPS) is 31.0. The van der Waals surface area contributed by atoms with Gasteiger partial charge in [0.05, 0.1) is 0 Å². The highest BCUT2D eigenvalue weighted by Gasteiger charge is 2.30. The van der Waals surface area contributed by atoms with Crippen LogP contribution < -0.4 is 0 Å². The molecule has 11 heavy (non-hydrogen) atoms. The summed E-state index contributed by atoms with van der Waals surface area (Å²) in [6.45, 7) is 5.76. The standard InChI is InChI=1S/C10H17N/c1-4-5-6-7-11-9(2)8-10(11)3/h1,9-10H,5-8H2,2-3H3. The fourth-order valence-corrected chi connectivity index (χ4v) is 1.87. The number of unbranched alkanes of at least 4 members (excludes halogenated alkanes) is 1. The van der Waals surface area contributed by atoms with Crippen molar-refractivity contribution in [2.24, 2.45) is 0 Å². The van der Waals surface area contributed by atoms with Crippen LogP contribution in [0.1, 0.15) is 33.1 Å². The van der Waals surface area contributed by atoms with Gasteiger partial charge in [-0.05, 0) is 33.2 Å². The summed E-state index contributed by atoms with van der Waals surface area (Å²) in [4.78, 5) is 2.53. The summed E-state index contributed by atoms with van der Waals surface area (Å²) in [5, 5.41) is 0. The van der Waals surface area contributed by atoms with Crippen molar-refractivity contribution in [3.8, 4) is 12.3 Å². The van der Waals surface area contributed by atoms with Gasteiger partial charge in [-0.3, -0.25) is 4.90 Å². The molecule has 1 nitrogen and oxygen atoms in total. The summed E-state index contributed by atoms with van der Waals surface area (Å²) in [5.74, 6) is 2.67. The Labute approximate surface area is 69.8 Å². The lowest BCUT2D eigenvalue weighted by Crippen LogP contribution is -2.52. The van der Waals surface area contributed by atoms with Crippen LogP contribution in [-0.2, 0) is 0 Å². The average molecular weight is 151 g/mol. The molecule has 2 atom stereocenters. The minimum Gasteiger partial charge on any atom is -0.298 e. The van der Waals surface area contributed by atoms with Crippen molar-refractivity contribution in [2.45, 2.75) is 45.2 Å². The van der Waals surface area contributed by atoms with E-state index in [1.54, 1.807) is 0 Å². The zero-order valence-electron chi connectivity index (χ0n) is 7.51. The molecule has 0 aliphatic carbocycles. The lowest BCUT2D eigenvalue weighted by atomic mass is 9.95. The number of hydrogen-bond acceptors (Lipinski definition) is 1. The van der Waals surface area contributed by atoms with E-state index >= 15 is 0 Å². The van der Waals surface area contributed by atoms with Gasteiger partial charge in [0.25, 0.3) is 0 Å². The van der Waals surface area contributed by atoms with E-state index in [4.69, 9.17) is 6.42 Å². The third-order valence-electron chi connectivity index (χ3n) is 2.55. The molecular weight excluding hydrogens is 134 g/mol. The molecule has 0 bridgehead atoms. The van der Waals surface area contributed by atoms with E-state index in [2.05, 4.69) is 24.7 Å². The largest absolute Gasteiger partial charge is 0.298 e. The summed E-state index contributed by atoms with van der Waals surface area (Å²) >= 11 is 0. The van der Waals surface area contributed by atoms with Crippen molar-refractivity contribution in [3.63, 3.8) is 0 Å². The molecule has 1 rings (SSSR count). The zero-order valence-corrected chi connectivity index (χ0v) is 7.51. The average Bonchev–Trinajstić information content (AvgIpc) is 1.98. The second-order valence-electron chi connectivity index (χ2n) is 3.48. The maximum atomic E-state index is 5.17. The maximum absolute atomic E-state index is 5.17. The van der Waals surface area contributed by atoms with Gasteiger partial charge in [-0.25, -0.2) is 0 Å².